The molecule has 1 aliphatic rings. The maximum absolute atomic E-state index is 13.8. The van der Waals surface area contributed by atoms with Gasteiger partial charge >= 0.3 is 6.18 Å². The monoisotopic (exact) mass is 463 g/mol. The summed E-state index contributed by atoms with van der Waals surface area (Å²) in [7, 11) is 0. The predicted molar refractivity (Wildman–Crippen MR) is 115 cm³/mol. The zero-order valence-corrected chi connectivity index (χ0v) is 17.9. The van der Waals surface area contributed by atoms with Gasteiger partial charge in [-0.05, 0) is 29.2 Å². The molecule has 0 bridgehead atoms. The molecule has 1 aliphatic heterocycles. The molecule has 3 heterocycles. The van der Waals surface area contributed by atoms with E-state index >= 15 is 0 Å². The summed E-state index contributed by atoms with van der Waals surface area (Å²) in [6.07, 6.45) is -1.21. The number of carbonyl (C=O) groups excluding carboxylic acids is 1. The van der Waals surface area contributed by atoms with Crippen LogP contribution in [0.15, 0.2) is 48.8 Å². The van der Waals surface area contributed by atoms with Gasteiger partial charge in [-0.1, -0.05) is 48.9 Å². The molecule has 0 aliphatic carbocycles. The van der Waals surface area contributed by atoms with Crippen LogP contribution in [0.2, 0.25) is 5.15 Å². The van der Waals surface area contributed by atoms with Gasteiger partial charge in [0.25, 0.3) is 5.91 Å². The Hall–Kier alpha value is -3.07. The number of aryl methyl sites for hydroxylation is 1. The highest BCUT2D eigenvalue weighted by atomic mass is 35.5. The second-order valence-corrected chi connectivity index (χ2v) is 8.00. The van der Waals surface area contributed by atoms with E-state index < -0.39 is 24.2 Å². The number of aromatic nitrogens is 3. The number of nitrogens with one attached hydrogen (secondary N) is 2. The van der Waals surface area contributed by atoms with Crippen LogP contribution in [0, 0.1) is 0 Å². The third-order valence-electron chi connectivity index (χ3n) is 5.52. The Kier molecular flexibility index (Phi) is 6.10. The number of amides is 1. The summed E-state index contributed by atoms with van der Waals surface area (Å²) in [6.45, 7) is 2.16. The van der Waals surface area contributed by atoms with Gasteiger partial charge in [-0.2, -0.15) is 18.3 Å². The molecule has 0 saturated carbocycles. The van der Waals surface area contributed by atoms with Crippen molar-refractivity contribution in [1.29, 1.82) is 0 Å². The molecule has 2 unspecified atom stereocenters. The zero-order chi connectivity index (χ0) is 22.9. The van der Waals surface area contributed by atoms with Gasteiger partial charge in [0.2, 0.25) is 0 Å². The van der Waals surface area contributed by atoms with E-state index in [4.69, 9.17) is 11.6 Å². The first kappa shape index (κ1) is 22.1. The highest BCUT2D eigenvalue weighted by molar-refractivity contribution is 6.29. The van der Waals surface area contributed by atoms with Gasteiger partial charge < -0.3 is 10.6 Å². The lowest BCUT2D eigenvalue weighted by atomic mass is 9.95. The molecule has 2 atom stereocenters. The molecule has 0 fully saturated rings. The summed E-state index contributed by atoms with van der Waals surface area (Å²) in [5.74, 6) is -0.480. The van der Waals surface area contributed by atoms with Crippen molar-refractivity contribution in [3.05, 3.63) is 76.2 Å². The number of halogens is 4. The summed E-state index contributed by atoms with van der Waals surface area (Å²) in [4.78, 5) is 16.7. The lowest BCUT2D eigenvalue weighted by Crippen LogP contribution is -2.36. The maximum atomic E-state index is 13.8. The largest absolute Gasteiger partial charge is 0.410 e. The molecule has 168 valence electrons. The van der Waals surface area contributed by atoms with Crippen LogP contribution in [0.3, 0.4) is 0 Å². The smallest absolute Gasteiger partial charge is 0.363 e. The first-order chi connectivity index (χ1) is 15.3. The number of nitrogens with zero attached hydrogens (tertiary/aromatic N) is 3. The van der Waals surface area contributed by atoms with E-state index in [-0.39, 0.29) is 24.3 Å². The molecular weight excluding hydrogens is 443 g/mol. The Balaban J connectivity index is 1.60. The van der Waals surface area contributed by atoms with Crippen molar-refractivity contribution in [3.8, 4) is 0 Å². The minimum Gasteiger partial charge on any atom is -0.363 e. The Bertz CT molecular complexity index is 1100. The van der Waals surface area contributed by atoms with E-state index in [1.54, 1.807) is 12.1 Å². The second kappa shape index (κ2) is 8.82. The van der Waals surface area contributed by atoms with Crippen molar-refractivity contribution in [2.24, 2.45) is 0 Å². The fourth-order valence-corrected chi connectivity index (χ4v) is 3.83. The van der Waals surface area contributed by atoms with Crippen LogP contribution in [-0.2, 0) is 13.0 Å². The highest BCUT2D eigenvalue weighted by Crippen LogP contribution is 2.44. The zero-order valence-electron chi connectivity index (χ0n) is 17.2. The minimum absolute atomic E-state index is 0.0508. The van der Waals surface area contributed by atoms with Crippen molar-refractivity contribution < 1.29 is 18.0 Å². The van der Waals surface area contributed by atoms with E-state index in [0.717, 1.165) is 22.2 Å². The lowest BCUT2D eigenvalue weighted by molar-refractivity contribution is -0.173. The van der Waals surface area contributed by atoms with E-state index in [0.29, 0.717) is 10.7 Å². The normalized spacial score (nSPS) is 18.0. The molecule has 4 rings (SSSR count). The fraction of sp³-hybridized carbons (Fsp3) is 0.318. The maximum Gasteiger partial charge on any atom is 0.410 e. The number of hydrogen-bond donors (Lipinski definition) is 2. The van der Waals surface area contributed by atoms with E-state index in [1.807, 2.05) is 31.2 Å². The second-order valence-electron chi connectivity index (χ2n) is 7.61. The average Bonchev–Trinajstić information content (AvgIpc) is 3.21. The Morgan fingerprint density at radius 1 is 1.19 bits per heavy atom. The summed E-state index contributed by atoms with van der Waals surface area (Å²) < 4.78 is 42.4. The molecule has 3 aromatic rings. The SMILES string of the molecule is CCc1ccc(C2CC(C(F)(F)F)n3ncc(C(=O)NCc4ccc(Cl)nc4)c3N2)cc1. The molecule has 2 N–H and O–H groups in total. The number of carbonyl (C=O) groups is 1. The van der Waals surface area contributed by atoms with Crippen molar-refractivity contribution in [1.82, 2.24) is 20.1 Å². The fourth-order valence-electron chi connectivity index (χ4n) is 3.72. The Morgan fingerprint density at radius 3 is 2.53 bits per heavy atom. The van der Waals surface area contributed by atoms with Gasteiger partial charge in [-0.3, -0.25) is 4.79 Å². The Morgan fingerprint density at radius 2 is 1.91 bits per heavy atom. The van der Waals surface area contributed by atoms with Crippen molar-refractivity contribution >= 4 is 23.3 Å². The minimum atomic E-state index is -4.51. The number of fused-ring (bicyclic) bond motifs is 1. The van der Waals surface area contributed by atoms with E-state index in [9.17, 15) is 18.0 Å². The molecule has 0 radical (unpaired) electrons. The molecule has 0 saturated heterocycles. The molecule has 1 amide bonds. The van der Waals surface area contributed by atoms with Crippen molar-refractivity contribution in [2.45, 2.75) is 44.6 Å². The van der Waals surface area contributed by atoms with Gasteiger partial charge in [0.1, 0.15) is 16.5 Å². The first-order valence-corrected chi connectivity index (χ1v) is 10.5. The molecule has 32 heavy (non-hydrogen) atoms. The van der Waals surface area contributed by atoms with Crippen LogP contribution in [-0.4, -0.2) is 26.8 Å². The highest BCUT2D eigenvalue weighted by Gasteiger charge is 2.47. The molecule has 0 spiro atoms. The Labute approximate surface area is 187 Å². The van der Waals surface area contributed by atoms with Gasteiger partial charge in [-0.15, -0.1) is 0 Å². The summed E-state index contributed by atoms with van der Waals surface area (Å²) in [6, 6.07) is 8.30. The van der Waals surface area contributed by atoms with Crippen molar-refractivity contribution in [3.63, 3.8) is 0 Å². The van der Waals surface area contributed by atoms with Crippen LogP contribution >= 0.6 is 11.6 Å². The third kappa shape index (κ3) is 4.57. The average molecular weight is 464 g/mol. The predicted octanol–water partition coefficient (Wildman–Crippen LogP) is 5.08. The number of pyridine rings is 1. The van der Waals surface area contributed by atoms with E-state index in [2.05, 4.69) is 20.7 Å². The van der Waals surface area contributed by atoms with Crippen LogP contribution in [0.4, 0.5) is 19.0 Å². The van der Waals surface area contributed by atoms with Crippen molar-refractivity contribution in [2.75, 3.05) is 5.32 Å². The standard InChI is InChI=1S/C22H21ClF3N5O/c1-2-13-3-6-15(7-4-13)17-9-18(22(24,25)26)31-20(30-17)16(12-29-31)21(32)28-11-14-5-8-19(23)27-10-14/h3-8,10,12,17-18,30H,2,9,11H2,1H3,(H,28,32). The van der Waals surface area contributed by atoms with Gasteiger partial charge in [-0.25, -0.2) is 9.67 Å². The van der Waals surface area contributed by atoms with Crippen LogP contribution in [0.25, 0.3) is 0 Å². The number of hydrogen-bond acceptors (Lipinski definition) is 4. The number of alkyl halides is 3. The third-order valence-corrected chi connectivity index (χ3v) is 5.74. The van der Waals surface area contributed by atoms with Gasteiger partial charge in [0.15, 0.2) is 6.04 Å². The molecule has 1 aromatic carbocycles. The molecule has 2 aromatic heterocycles. The number of benzene rings is 1. The quantitative estimate of drug-likeness (QED) is 0.517. The number of anilines is 1. The lowest BCUT2D eigenvalue weighted by Gasteiger charge is -2.34. The topological polar surface area (TPSA) is 71.8 Å². The summed E-state index contributed by atoms with van der Waals surface area (Å²) in [5.41, 5.74) is 2.58. The first-order valence-electron chi connectivity index (χ1n) is 10.1. The summed E-state index contributed by atoms with van der Waals surface area (Å²) >= 11 is 5.76. The summed E-state index contributed by atoms with van der Waals surface area (Å²) in [5, 5.41) is 10.0. The molecule has 10 heteroatoms. The van der Waals surface area contributed by atoms with Crippen LogP contribution < -0.4 is 10.6 Å². The molecule has 6 nitrogen and oxygen atoms in total. The van der Waals surface area contributed by atoms with Gasteiger partial charge in [0, 0.05) is 19.2 Å². The number of rotatable bonds is 5. The van der Waals surface area contributed by atoms with E-state index in [1.165, 1.54) is 12.4 Å². The van der Waals surface area contributed by atoms with Crippen LogP contribution in [0.1, 0.15) is 52.5 Å². The van der Waals surface area contributed by atoms with Gasteiger partial charge in [0.05, 0.1) is 12.2 Å². The van der Waals surface area contributed by atoms with Crippen LogP contribution in [0.5, 0.6) is 0 Å². The molecular formula is C22H21ClF3N5O.